The van der Waals surface area contributed by atoms with E-state index in [0.29, 0.717) is 6.04 Å². The van der Waals surface area contributed by atoms with Crippen LogP contribution in [0.15, 0.2) is 0 Å². The highest BCUT2D eigenvalue weighted by atomic mass is 15.2. The molecule has 3 heteroatoms. The molecule has 3 nitrogen and oxygen atoms in total. The molecule has 1 unspecified atom stereocenters. The zero-order valence-corrected chi connectivity index (χ0v) is 9.87. The minimum absolute atomic E-state index is 0.636. The number of hydrogen-bond acceptors (Lipinski definition) is 3. The molecule has 84 valence electrons. The normalized spacial score (nSPS) is 19.3. The molecule has 1 rings (SSSR count). The summed E-state index contributed by atoms with van der Waals surface area (Å²) in [6.45, 7) is 3.17. The van der Waals surface area contributed by atoms with E-state index in [4.69, 9.17) is 5.73 Å². The van der Waals surface area contributed by atoms with Gasteiger partial charge in [-0.3, -0.25) is 0 Å². The summed E-state index contributed by atoms with van der Waals surface area (Å²) in [5, 5.41) is 0. The third-order valence-corrected chi connectivity index (χ3v) is 3.09. The molecule has 0 aromatic heterocycles. The van der Waals surface area contributed by atoms with Crippen molar-refractivity contribution in [3.63, 3.8) is 0 Å². The first kappa shape index (κ1) is 12.0. The van der Waals surface area contributed by atoms with E-state index in [1.807, 2.05) is 0 Å². The van der Waals surface area contributed by atoms with Crippen LogP contribution < -0.4 is 5.73 Å². The van der Waals surface area contributed by atoms with Gasteiger partial charge >= 0.3 is 0 Å². The average Bonchev–Trinajstić information content (AvgIpc) is 2.89. The fraction of sp³-hybridized carbons (Fsp3) is 1.00. The van der Waals surface area contributed by atoms with E-state index in [2.05, 4.69) is 30.9 Å². The van der Waals surface area contributed by atoms with Crippen molar-refractivity contribution < 1.29 is 0 Å². The van der Waals surface area contributed by atoms with Crippen LogP contribution in [0.5, 0.6) is 0 Å². The highest BCUT2D eigenvalue weighted by Crippen LogP contribution is 2.34. The molecule has 0 aliphatic heterocycles. The van der Waals surface area contributed by atoms with Crippen LogP contribution in [0.1, 0.15) is 19.3 Å². The second-order valence-corrected chi connectivity index (χ2v) is 4.78. The maximum Gasteiger partial charge on any atom is 0.0243 e. The van der Waals surface area contributed by atoms with Crippen molar-refractivity contribution in [1.29, 1.82) is 0 Å². The predicted molar refractivity (Wildman–Crippen MR) is 61.4 cm³/mol. The van der Waals surface area contributed by atoms with Crippen LogP contribution in [-0.4, -0.2) is 56.6 Å². The molecule has 0 aromatic carbocycles. The lowest BCUT2D eigenvalue weighted by Gasteiger charge is -2.27. The molecule has 0 spiro atoms. The first-order valence-electron chi connectivity index (χ1n) is 5.70. The zero-order valence-electron chi connectivity index (χ0n) is 9.87. The summed E-state index contributed by atoms with van der Waals surface area (Å²) in [5.74, 6) is 0.893. The lowest BCUT2D eigenvalue weighted by atomic mass is 10.1. The topological polar surface area (TPSA) is 32.5 Å². The molecular weight excluding hydrogens is 174 g/mol. The Bertz CT molecular complexity index is 155. The monoisotopic (exact) mass is 199 g/mol. The quantitative estimate of drug-likeness (QED) is 0.652. The molecule has 0 radical (unpaired) electrons. The van der Waals surface area contributed by atoms with Crippen LogP contribution in [0.3, 0.4) is 0 Å². The summed E-state index contributed by atoms with van der Waals surface area (Å²) in [7, 11) is 6.47. The molecule has 1 saturated carbocycles. The predicted octanol–water partition coefficient (Wildman–Crippen LogP) is 0.607. The largest absolute Gasteiger partial charge is 0.329 e. The van der Waals surface area contributed by atoms with Gasteiger partial charge in [-0.2, -0.15) is 0 Å². The Labute approximate surface area is 88.2 Å². The number of hydrogen-bond donors (Lipinski definition) is 1. The summed E-state index contributed by atoms with van der Waals surface area (Å²) >= 11 is 0. The van der Waals surface area contributed by atoms with Gasteiger partial charge in [-0.25, -0.2) is 0 Å². The molecule has 0 heterocycles. The second kappa shape index (κ2) is 5.69. The van der Waals surface area contributed by atoms with Crippen LogP contribution in [0.25, 0.3) is 0 Å². The van der Waals surface area contributed by atoms with Gasteiger partial charge in [0.2, 0.25) is 0 Å². The Kier molecular flexibility index (Phi) is 4.85. The van der Waals surface area contributed by atoms with Gasteiger partial charge in [0.1, 0.15) is 0 Å². The minimum Gasteiger partial charge on any atom is -0.329 e. The van der Waals surface area contributed by atoms with Crippen LogP contribution >= 0.6 is 0 Å². The third kappa shape index (κ3) is 3.95. The van der Waals surface area contributed by atoms with Gasteiger partial charge in [-0.15, -0.1) is 0 Å². The van der Waals surface area contributed by atoms with E-state index in [-0.39, 0.29) is 0 Å². The van der Waals surface area contributed by atoms with Crippen molar-refractivity contribution >= 4 is 0 Å². The van der Waals surface area contributed by atoms with Crippen LogP contribution in [-0.2, 0) is 0 Å². The summed E-state index contributed by atoms with van der Waals surface area (Å²) in [6.07, 6.45) is 4.02. The fourth-order valence-corrected chi connectivity index (χ4v) is 2.02. The number of likely N-dealkylation sites (N-methyl/N-ethyl adjacent to an activating group) is 1. The van der Waals surface area contributed by atoms with Crippen molar-refractivity contribution in [1.82, 2.24) is 9.80 Å². The van der Waals surface area contributed by atoms with Crippen molar-refractivity contribution in [2.75, 3.05) is 40.8 Å². The van der Waals surface area contributed by atoms with Crippen molar-refractivity contribution in [3.8, 4) is 0 Å². The van der Waals surface area contributed by atoms with E-state index in [9.17, 15) is 0 Å². The Morgan fingerprint density at radius 2 is 1.86 bits per heavy atom. The Morgan fingerprint density at radius 1 is 1.21 bits per heavy atom. The van der Waals surface area contributed by atoms with E-state index < -0.39 is 0 Å². The highest BCUT2D eigenvalue weighted by molar-refractivity contribution is 4.87. The first-order chi connectivity index (χ1) is 6.65. The lowest BCUT2D eigenvalue weighted by molar-refractivity contribution is 0.212. The summed E-state index contributed by atoms with van der Waals surface area (Å²) in [4.78, 5) is 4.68. The van der Waals surface area contributed by atoms with Gasteiger partial charge in [-0.1, -0.05) is 0 Å². The number of nitrogens with zero attached hydrogens (tertiary/aromatic N) is 2. The molecule has 0 aromatic rings. The Hall–Kier alpha value is -0.120. The molecule has 1 fully saturated rings. The summed E-state index contributed by atoms with van der Waals surface area (Å²) < 4.78 is 0. The lowest BCUT2D eigenvalue weighted by Crippen LogP contribution is -2.40. The van der Waals surface area contributed by atoms with E-state index in [1.165, 1.54) is 32.4 Å². The molecule has 2 N–H and O–H groups in total. The van der Waals surface area contributed by atoms with Crippen molar-refractivity contribution in [2.24, 2.45) is 11.7 Å². The molecule has 0 bridgehead atoms. The smallest absolute Gasteiger partial charge is 0.0243 e. The Balaban J connectivity index is 2.15. The van der Waals surface area contributed by atoms with Crippen molar-refractivity contribution in [2.45, 2.75) is 25.3 Å². The maximum atomic E-state index is 5.79. The van der Waals surface area contributed by atoms with Gasteiger partial charge in [0.15, 0.2) is 0 Å². The van der Waals surface area contributed by atoms with Gasteiger partial charge in [0, 0.05) is 12.6 Å². The summed E-state index contributed by atoms with van der Waals surface area (Å²) in [6, 6.07) is 0.636. The van der Waals surface area contributed by atoms with Gasteiger partial charge in [0.25, 0.3) is 0 Å². The third-order valence-electron chi connectivity index (χ3n) is 3.09. The van der Waals surface area contributed by atoms with Crippen LogP contribution in [0, 0.1) is 5.92 Å². The molecule has 1 atom stereocenters. The standard InChI is InChI=1S/C11H25N3/c1-13(2)7-4-8-14(3)11(9-12)10-5-6-10/h10-11H,4-9,12H2,1-3H3. The fourth-order valence-electron chi connectivity index (χ4n) is 2.02. The van der Waals surface area contributed by atoms with E-state index >= 15 is 0 Å². The van der Waals surface area contributed by atoms with Gasteiger partial charge < -0.3 is 15.5 Å². The van der Waals surface area contributed by atoms with Crippen LogP contribution in [0.2, 0.25) is 0 Å². The highest BCUT2D eigenvalue weighted by Gasteiger charge is 2.32. The molecule has 14 heavy (non-hydrogen) atoms. The molecule has 1 aliphatic rings. The maximum absolute atomic E-state index is 5.79. The molecular formula is C11H25N3. The SMILES string of the molecule is CN(C)CCCN(C)C(CN)C1CC1. The minimum atomic E-state index is 0.636. The molecule has 1 aliphatic carbocycles. The van der Waals surface area contributed by atoms with Gasteiger partial charge in [0.05, 0.1) is 0 Å². The number of rotatable bonds is 7. The average molecular weight is 199 g/mol. The van der Waals surface area contributed by atoms with Crippen LogP contribution in [0.4, 0.5) is 0 Å². The zero-order chi connectivity index (χ0) is 10.6. The molecule has 0 saturated heterocycles. The summed E-state index contributed by atoms with van der Waals surface area (Å²) in [5.41, 5.74) is 5.79. The van der Waals surface area contributed by atoms with Crippen molar-refractivity contribution in [3.05, 3.63) is 0 Å². The second-order valence-electron chi connectivity index (χ2n) is 4.78. The van der Waals surface area contributed by atoms with Gasteiger partial charge in [-0.05, 0) is 59.4 Å². The first-order valence-corrected chi connectivity index (χ1v) is 5.70. The van der Waals surface area contributed by atoms with E-state index in [1.54, 1.807) is 0 Å². The number of nitrogens with two attached hydrogens (primary N) is 1. The Morgan fingerprint density at radius 3 is 2.29 bits per heavy atom. The molecule has 0 amide bonds. The van der Waals surface area contributed by atoms with E-state index in [0.717, 1.165) is 12.5 Å².